The van der Waals surface area contributed by atoms with Crippen molar-refractivity contribution in [1.82, 2.24) is 14.7 Å². The van der Waals surface area contributed by atoms with Crippen molar-refractivity contribution in [1.29, 1.82) is 0 Å². The van der Waals surface area contributed by atoms with Gasteiger partial charge in [-0.05, 0) is 0 Å². The van der Waals surface area contributed by atoms with Crippen LogP contribution in [0.5, 0.6) is 0 Å². The smallest absolute Gasteiger partial charge is 0.324 e. The van der Waals surface area contributed by atoms with Gasteiger partial charge < -0.3 is 48.9 Å². The van der Waals surface area contributed by atoms with Crippen LogP contribution >= 0.6 is 38.0 Å². The summed E-state index contributed by atoms with van der Waals surface area (Å²) in [5.41, 5.74) is 0. The van der Waals surface area contributed by atoms with E-state index in [0.29, 0.717) is 9.80 Å². The molecule has 0 aliphatic rings. The first kappa shape index (κ1) is 65.1. The second-order valence-electron chi connectivity index (χ2n) is 6.94. The Labute approximate surface area is 381 Å². The maximum atomic E-state index is 11.4. The maximum Gasteiger partial charge on any atom is 1.00 e. The van der Waals surface area contributed by atoms with E-state index in [0.717, 1.165) is 4.90 Å². The fraction of sp³-hybridized carbons (Fsp3) is 1.00. The van der Waals surface area contributed by atoms with Crippen LogP contribution < -0.4 is 207 Å². The predicted molar refractivity (Wildman–Crippen MR) is 110 cm³/mol. The molecular weight excluding hydrogens is 706 g/mol. The molecule has 0 unspecified atom stereocenters. The first-order chi connectivity index (χ1) is 13.9. The molecule has 0 bridgehead atoms. The van der Waals surface area contributed by atoms with Crippen molar-refractivity contribution in [3.8, 4) is 0 Å². The average Bonchev–Trinajstić information content (AvgIpc) is 2.41. The Morgan fingerprint density at radius 1 is 0.308 bits per heavy atom. The molecule has 0 amide bonds. The van der Waals surface area contributed by atoms with Crippen molar-refractivity contribution in [2.45, 2.75) is 0 Å². The Bertz CT molecular complexity index is 747. The zero-order valence-electron chi connectivity index (χ0n) is 23.5. The molecule has 194 valence electrons. The summed E-state index contributed by atoms with van der Waals surface area (Å²) in [5.74, 6) is 0. The normalized spacial score (nSPS) is 12.0. The van der Waals surface area contributed by atoms with E-state index in [1.54, 1.807) is 0 Å². The van der Waals surface area contributed by atoms with Gasteiger partial charge in [0.15, 0.2) is 0 Å². The number of hydrogen-bond donors (Lipinski definition) is 10. The van der Waals surface area contributed by atoms with E-state index in [2.05, 4.69) is 0 Å². The molecule has 0 saturated carbocycles. The van der Waals surface area contributed by atoms with Crippen LogP contribution in [0.2, 0.25) is 0 Å². The van der Waals surface area contributed by atoms with Gasteiger partial charge in [0.1, 0.15) is 31.4 Å². The summed E-state index contributed by atoms with van der Waals surface area (Å²) in [7, 11) is -23.8. The van der Waals surface area contributed by atoms with E-state index in [-0.39, 0.29) is 207 Å². The monoisotopic (exact) mass is 734 g/mol. The summed E-state index contributed by atoms with van der Waals surface area (Å²) >= 11 is 0. The van der Waals surface area contributed by atoms with Gasteiger partial charge in [0.05, 0.1) is 0 Å². The van der Waals surface area contributed by atoms with Gasteiger partial charge >= 0.3 is 245 Å². The molecule has 0 radical (unpaired) electrons. The Morgan fingerprint density at radius 3 is 0.590 bits per heavy atom. The summed E-state index contributed by atoms with van der Waals surface area (Å²) < 4.78 is 56.1. The van der Waals surface area contributed by atoms with Gasteiger partial charge in [-0.1, -0.05) is 0 Å². The fourth-order valence-corrected chi connectivity index (χ4v) is 6.66. The summed E-state index contributed by atoms with van der Waals surface area (Å²) in [4.78, 5) is 93.2. The summed E-state index contributed by atoms with van der Waals surface area (Å²) in [6.45, 7) is -1.78. The van der Waals surface area contributed by atoms with E-state index in [9.17, 15) is 32.6 Å². The molecule has 0 spiro atoms. The molecular formula is C9H28N3Na7O15P5+7. The Kier molecular flexibility index (Phi) is 49.0. The van der Waals surface area contributed by atoms with Gasteiger partial charge in [-0.15, -0.1) is 0 Å². The molecule has 0 aliphatic heterocycles. The number of nitrogens with zero attached hydrogens (tertiary/aromatic N) is 3. The minimum absolute atomic E-state index is 0. The minimum atomic E-state index is -4.76. The van der Waals surface area contributed by atoms with Crippen LogP contribution in [0.1, 0.15) is 0 Å². The van der Waals surface area contributed by atoms with E-state index >= 15 is 0 Å². The molecule has 0 aliphatic carbocycles. The maximum absolute atomic E-state index is 11.4. The molecule has 0 rings (SSSR count). The fourth-order valence-electron chi connectivity index (χ4n) is 2.49. The van der Waals surface area contributed by atoms with Gasteiger partial charge in [0.2, 0.25) is 0 Å². The van der Waals surface area contributed by atoms with Gasteiger partial charge in [-0.3, -0.25) is 37.5 Å². The molecule has 0 fully saturated rings. The quantitative estimate of drug-likeness (QED) is 0.0520. The molecule has 10 N–H and O–H groups in total. The second-order valence-corrected chi connectivity index (χ2v) is 15.0. The molecule has 0 heterocycles. The van der Waals surface area contributed by atoms with E-state index in [4.69, 9.17) is 39.1 Å². The molecule has 0 aromatic rings. The standard InChI is InChI=1S/C9H28N3O15P5.7Na/c13-28(14,15)5-10(1-3-11(6-29(16,17)18)7-30(19,20)21)2-4-12(8-31(22,23)24)9-32(25,26)27;;;;;;;/h1-9H2,(H2,13,14,15)(H2,16,17,18)(H2,19,20,21)(H2,22,23,24)(H2,25,26,27);;;;;;;/q;7*+1. The van der Waals surface area contributed by atoms with Crippen LogP contribution in [0, 0.1) is 0 Å². The summed E-state index contributed by atoms with van der Waals surface area (Å²) in [6, 6.07) is 0. The van der Waals surface area contributed by atoms with Crippen LogP contribution in [0.15, 0.2) is 0 Å². The molecule has 39 heavy (non-hydrogen) atoms. The van der Waals surface area contributed by atoms with Gasteiger partial charge in [0, 0.05) is 26.2 Å². The largest absolute Gasteiger partial charge is 1.00 e. The Balaban J connectivity index is -0.000000229. The van der Waals surface area contributed by atoms with Gasteiger partial charge in [0.25, 0.3) is 0 Å². The van der Waals surface area contributed by atoms with Crippen LogP contribution in [-0.4, -0.2) is 121 Å². The first-order valence-corrected chi connectivity index (χ1v) is 17.3. The van der Waals surface area contributed by atoms with Crippen molar-refractivity contribution >= 4 is 38.0 Å². The minimum Gasteiger partial charge on any atom is -0.324 e. The third kappa shape index (κ3) is 47.8. The number of rotatable bonds is 16. The second kappa shape index (κ2) is 29.4. The zero-order valence-corrected chi connectivity index (χ0v) is 41.9. The zero-order chi connectivity index (χ0) is 25.6. The van der Waals surface area contributed by atoms with E-state index in [1.807, 2.05) is 0 Å². The molecule has 18 nitrogen and oxygen atoms in total. The average molecular weight is 734 g/mol. The van der Waals surface area contributed by atoms with Crippen LogP contribution in [0.4, 0.5) is 0 Å². The first-order valence-electron chi connectivity index (χ1n) is 8.34. The van der Waals surface area contributed by atoms with Crippen molar-refractivity contribution in [3.63, 3.8) is 0 Å². The summed E-state index contributed by atoms with van der Waals surface area (Å²) in [6.07, 6.45) is -5.21. The van der Waals surface area contributed by atoms with E-state index in [1.165, 1.54) is 0 Å². The van der Waals surface area contributed by atoms with Crippen LogP contribution in [0.25, 0.3) is 0 Å². The van der Waals surface area contributed by atoms with Crippen LogP contribution in [-0.2, 0) is 22.8 Å². The topological polar surface area (TPSA) is 297 Å². The van der Waals surface area contributed by atoms with Crippen molar-refractivity contribution in [3.05, 3.63) is 0 Å². The predicted octanol–water partition coefficient (Wildman–Crippen LogP) is -23.4. The Morgan fingerprint density at radius 2 is 0.436 bits per heavy atom. The van der Waals surface area contributed by atoms with Crippen LogP contribution in [0.3, 0.4) is 0 Å². The number of hydrogen-bond acceptors (Lipinski definition) is 8. The third-order valence-electron chi connectivity index (χ3n) is 3.39. The molecule has 0 saturated heterocycles. The third-order valence-corrected chi connectivity index (χ3v) is 7.23. The van der Waals surface area contributed by atoms with Crippen molar-refractivity contribution in [2.24, 2.45) is 0 Å². The Hall–Kier alpha value is 7.63. The SMILES string of the molecule is O=P(O)(O)CN(CCN(CP(=O)(O)O)CP(=O)(O)O)CCN(CP(=O)(O)O)CP(=O)(O)O.[Na+].[Na+].[Na+].[Na+].[Na+].[Na+].[Na+]. The van der Waals surface area contributed by atoms with Crippen molar-refractivity contribution in [2.75, 3.05) is 57.6 Å². The molecule has 0 atom stereocenters. The molecule has 0 aromatic carbocycles. The summed E-state index contributed by atoms with van der Waals surface area (Å²) in [5, 5.41) is 0. The van der Waals surface area contributed by atoms with Gasteiger partial charge in [-0.25, -0.2) is 0 Å². The van der Waals surface area contributed by atoms with Gasteiger partial charge in [-0.2, -0.15) is 0 Å². The van der Waals surface area contributed by atoms with E-state index < -0.39 is 95.6 Å². The molecule has 0 aromatic heterocycles. The molecule has 30 heteroatoms. The van der Waals surface area contributed by atoms with Crippen molar-refractivity contribution < 1.29 is 279 Å².